The summed E-state index contributed by atoms with van der Waals surface area (Å²) in [6, 6.07) is 5.21. The van der Waals surface area contributed by atoms with Gasteiger partial charge in [0.05, 0.1) is 5.56 Å². The van der Waals surface area contributed by atoms with Crippen molar-refractivity contribution in [3.63, 3.8) is 0 Å². The molecule has 1 N–H and O–H groups in total. The Bertz CT molecular complexity index is 540. The van der Waals surface area contributed by atoms with Gasteiger partial charge in [-0.1, -0.05) is 19.9 Å². The predicted molar refractivity (Wildman–Crippen MR) is 81.3 cm³/mol. The fourth-order valence-electron chi connectivity index (χ4n) is 1.74. The van der Waals surface area contributed by atoms with Crippen molar-refractivity contribution in [1.82, 2.24) is 10.3 Å². The Morgan fingerprint density at radius 2 is 2.21 bits per heavy atom. The van der Waals surface area contributed by atoms with E-state index in [1.807, 2.05) is 12.3 Å². The summed E-state index contributed by atoms with van der Waals surface area (Å²) in [5.74, 6) is 0.731. The molecule has 2 aromatic rings. The van der Waals surface area contributed by atoms with E-state index in [1.54, 1.807) is 29.2 Å². The molecule has 2 nitrogen and oxygen atoms in total. The number of hydrogen-bond donors (Lipinski definition) is 1. The van der Waals surface area contributed by atoms with Crippen LogP contribution in [-0.4, -0.2) is 17.3 Å². The van der Waals surface area contributed by atoms with E-state index in [2.05, 4.69) is 24.1 Å². The molecule has 0 aliphatic heterocycles. The van der Waals surface area contributed by atoms with Crippen molar-refractivity contribution in [2.45, 2.75) is 25.3 Å². The van der Waals surface area contributed by atoms with Crippen LogP contribution in [0.25, 0.3) is 10.6 Å². The fourth-order valence-corrected chi connectivity index (χ4v) is 3.57. The summed E-state index contributed by atoms with van der Waals surface area (Å²) in [6.07, 6.45) is 1.83. The molecule has 102 valence electrons. The zero-order valence-electron chi connectivity index (χ0n) is 11.1. The van der Waals surface area contributed by atoms with Crippen LogP contribution in [0.2, 0.25) is 0 Å². The number of aromatic nitrogens is 1. The van der Waals surface area contributed by atoms with Crippen molar-refractivity contribution in [3.05, 3.63) is 35.1 Å². The molecular formula is C14H17FN2S2. The van der Waals surface area contributed by atoms with Crippen molar-refractivity contribution in [2.75, 3.05) is 12.3 Å². The highest BCUT2D eigenvalue weighted by Crippen LogP contribution is 2.35. The van der Waals surface area contributed by atoms with Crippen molar-refractivity contribution in [2.24, 2.45) is 0 Å². The van der Waals surface area contributed by atoms with Crippen LogP contribution in [0, 0.1) is 5.82 Å². The first-order valence-corrected chi connectivity index (χ1v) is 8.13. The molecule has 5 heteroatoms. The molecule has 0 radical (unpaired) electrons. The summed E-state index contributed by atoms with van der Waals surface area (Å²) < 4.78 is 14.1. The molecule has 0 saturated heterocycles. The van der Waals surface area contributed by atoms with Gasteiger partial charge in [-0.05, 0) is 24.4 Å². The van der Waals surface area contributed by atoms with Gasteiger partial charge in [-0.15, -0.1) is 23.1 Å². The second kappa shape index (κ2) is 7.03. The van der Waals surface area contributed by atoms with E-state index in [9.17, 15) is 4.39 Å². The standard InChI is InChI=1S/C14H17FN2S2/c1-3-16-8-10-9-17-14(19-10)13-11(15)6-5-7-12(13)18-4-2/h5-7,9,16H,3-4,8H2,1-2H3. The molecule has 1 heterocycles. The lowest BCUT2D eigenvalue weighted by molar-refractivity contribution is 0.628. The van der Waals surface area contributed by atoms with Crippen molar-refractivity contribution < 1.29 is 4.39 Å². The fraction of sp³-hybridized carbons (Fsp3) is 0.357. The molecule has 0 fully saturated rings. The number of thiazole rings is 1. The zero-order chi connectivity index (χ0) is 13.7. The largest absolute Gasteiger partial charge is 0.312 e. The summed E-state index contributed by atoms with van der Waals surface area (Å²) >= 11 is 3.20. The average Bonchev–Trinajstić information content (AvgIpc) is 2.85. The van der Waals surface area contributed by atoms with E-state index in [0.29, 0.717) is 5.56 Å². The number of thioether (sulfide) groups is 1. The topological polar surface area (TPSA) is 24.9 Å². The predicted octanol–water partition coefficient (Wildman–Crippen LogP) is 4.17. The first-order valence-electron chi connectivity index (χ1n) is 6.33. The quantitative estimate of drug-likeness (QED) is 0.810. The molecule has 0 spiro atoms. The van der Waals surface area contributed by atoms with E-state index < -0.39 is 0 Å². The third-order valence-electron chi connectivity index (χ3n) is 2.59. The first kappa shape index (κ1) is 14.5. The van der Waals surface area contributed by atoms with E-state index >= 15 is 0 Å². The SMILES string of the molecule is CCNCc1cnc(-c2c(F)cccc2SCC)s1. The highest BCUT2D eigenvalue weighted by atomic mass is 32.2. The van der Waals surface area contributed by atoms with E-state index in [0.717, 1.165) is 33.6 Å². The summed E-state index contributed by atoms with van der Waals surface area (Å²) in [5, 5.41) is 4.02. The smallest absolute Gasteiger partial charge is 0.134 e. The number of nitrogens with one attached hydrogen (secondary N) is 1. The summed E-state index contributed by atoms with van der Waals surface area (Å²) in [6.45, 7) is 5.84. The van der Waals surface area contributed by atoms with E-state index in [1.165, 1.54) is 6.07 Å². The molecule has 19 heavy (non-hydrogen) atoms. The molecule has 0 atom stereocenters. The van der Waals surface area contributed by atoms with Crippen LogP contribution in [0.15, 0.2) is 29.3 Å². The molecule has 0 aliphatic carbocycles. The van der Waals surface area contributed by atoms with Crippen LogP contribution in [0.5, 0.6) is 0 Å². The third-order valence-corrected chi connectivity index (χ3v) is 4.55. The van der Waals surface area contributed by atoms with Gasteiger partial charge in [-0.25, -0.2) is 9.37 Å². The van der Waals surface area contributed by atoms with Gasteiger partial charge < -0.3 is 5.32 Å². The molecule has 1 aromatic heterocycles. The molecule has 0 amide bonds. The number of rotatable bonds is 6. The minimum absolute atomic E-state index is 0.192. The minimum atomic E-state index is -0.192. The van der Waals surface area contributed by atoms with Gasteiger partial charge >= 0.3 is 0 Å². The maximum absolute atomic E-state index is 14.1. The molecule has 1 aromatic carbocycles. The summed E-state index contributed by atoms with van der Waals surface area (Å²) in [4.78, 5) is 6.46. The Hall–Kier alpha value is -0.910. The van der Waals surface area contributed by atoms with Gasteiger partial charge in [0.25, 0.3) is 0 Å². The Balaban J connectivity index is 2.32. The number of halogens is 1. The van der Waals surface area contributed by atoms with Crippen molar-refractivity contribution in [3.8, 4) is 10.6 Å². The first-order chi connectivity index (χ1) is 9.26. The number of benzene rings is 1. The average molecular weight is 296 g/mol. The van der Waals surface area contributed by atoms with Crippen LogP contribution in [0.3, 0.4) is 0 Å². The number of nitrogens with zero attached hydrogens (tertiary/aromatic N) is 1. The Morgan fingerprint density at radius 3 is 2.95 bits per heavy atom. The van der Waals surface area contributed by atoms with Gasteiger partial charge in [-0.3, -0.25) is 0 Å². The molecule has 0 bridgehead atoms. The second-order valence-electron chi connectivity index (χ2n) is 3.96. The van der Waals surface area contributed by atoms with Gasteiger partial charge in [-0.2, -0.15) is 0 Å². The van der Waals surface area contributed by atoms with Crippen molar-refractivity contribution in [1.29, 1.82) is 0 Å². The lowest BCUT2D eigenvalue weighted by Crippen LogP contribution is -2.10. The zero-order valence-corrected chi connectivity index (χ0v) is 12.7. The van der Waals surface area contributed by atoms with E-state index in [-0.39, 0.29) is 5.82 Å². The van der Waals surface area contributed by atoms with Crippen LogP contribution in [0.4, 0.5) is 4.39 Å². The highest BCUT2D eigenvalue weighted by molar-refractivity contribution is 7.99. The Kier molecular flexibility index (Phi) is 5.36. The number of hydrogen-bond acceptors (Lipinski definition) is 4. The molecule has 0 unspecified atom stereocenters. The maximum atomic E-state index is 14.1. The molecule has 0 saturated carbocycles. The summed E-state index contributed by atoms with van der Waals surface area (Å²) in [5.41, 5.74) is 0.641. The van der Waals surface area contributed by atoms with Crippen LogP contribution in [-0.2, 0) is 6.54 Å². The Morgan fingerprint density at radius 1 is 1.37 bits per heavy atom. The van der Waals surface area contributed by atoms with Crippen LogP contribution < -0.4 is 5.32 Å². The third kappa shape index (κ3) is 3.55. The summed E-state index contributed by atoms with van der Waals surface area (Å²) in [7, 11) is 0. The molecule has 0 aliphatic rings. The molecule has 2 rings (SSSR count). The van der Waals surface area contributed by atoms with Gasteiger partial charge in [0.1, 0.15) is 10.8 Å². The Labute approximate surface area is 121 Å². The van der Waals surface area contributed by atoms with Gasteiger partial charge in [0.2, 0.25) is 0 Å². The monoisotopic (exact) mass is 296 g/mol. The lowest BCUT2D eigenvalue weighted by Gasteiger charge is -2.06. The molecular weight excluding hydrogens is 279 g/mol. The second-order valence-corrected chi connectivity index (χ2v) is 6.38. The van der Waals surface area contributed by atoms with Crippen LogP contribution in [0.1, 0.15) is 18.7 Å². The van der Waals surface area contributed by atoms with Gasteiger partial charge in [0.15, 0.2) is 0 Å². The maximum Gasteiger partial charge on any atom is 0.134 e. The lowest BCUT2D eigenvalue weighted by atomic mass is 10.2. The van der Waals surface area contributed by atoms with Gasteiger partial charge in [0, 0.05) is 22.5 Å². The minimum Gasteiger partial charge on any atom is -0.312 e. The van der Waals surface area contributed by atoms with Crippen molar-refractivity contribution >= 4 is 23.1 Å². The normalized spacial score (nSPS) is 10.9. The van der Waals surface area contributed by atoms with E-state index in [4.69, 9.17) is 0 Å². The van der Waals surface area contributed by atoms with Crippen LogP contribution >= 0.6 is 23.1 Å². The highest BCUT2D eigenvalue weighted by Gasteiger charge is 2.14.